The summed E-state index contributed by atoms with van der Waals surface area (Å²) in [6.45, 7) is -1.29. The maximum absolute atomic E-state index is 12.3. The van der Waals surface area contributed by atoms with Crippen molar-refractivity contribution in [1.82, 2.24) is 4.72 Å². The fraction of sp³-hybridized carbons (Fsp3) is 0.176. The Morgan fingerprint density at radius 1 is 1.17 bits per heavy atom. The van der Waals surface area contributed by atoms with E-state index in [9.17, 15) is 28.1 Å². The SMILES string of the molecule is CNc1ccc(S(=O)(=O)NCC(=O)OCC(=O)c2ccc(Br)cc2)cc1[N+](=O)[O-]. The average molecular weight is 486 g/mol. The summed E-state index contributed by atoms with van der Waals surface area (Å²) in [6.07, 6.45) is 0. The molecule has 2 rings (SSSR count). The summed E-state index contributed by atoms with van der Waals surface area (Å²) in [6, 6.07) is 9.67. The molecule has 10 nitrogen and oxygen atoms in total. The lowest BCUT2D eigenvalue weighted by Crippen LogP contribution is -2.31. The minimum Gasteiger partial charge on any atom is -0.456 e. The highest BCUT2D eigenvalue weighted by Gasteiger charge is 2.22. The van der Waals surface area contributed by atoms with Gasteiger partial charge in [-0.25, -0.2) is 8.42 Å². The largest absolute Gasteiger partial charge is 0.456 e. The number of sulfonamides is 1. The predicted octanol–water partition coefficient (Wildman–Crippen LogP) is 2.10. The third-order valence-corrected chi connectivity index (χ3v) is 5.61. The number of anilines is 1. The molecule has 0 aliphatic rings. The molecule has 0 fully saturated rings. The van der Waals surface area contributed by atoms with Crippen LogP contribution in [-0.2, 0) is 19.6 Å². The van der Waals surface area contributed by atoms with E-state index in [1.807, 2.05) is 4.72 Å². The number of hydrogen-bond donors (Lipinski definition) is 2. The molecule has 154 valence electrons. The number of esters is 1. The molecule has 0 saturated carbocycles. The molecule has 2 aromatic rings. The zero-order valence-electron chi connectivity index (χ0n) is 15.0. The minimum atomic E-state index is -4.21. The molecule has 2 N–H and O–H groups in total. The van der Waals surface area contributed by atoms with Crippen LogP contribution in [0.5, 0.6) is 0 Å². The first kappa shape index (κ1) is 22.5. The van der Waals surface area contributed by atoms with E-state index >= 15 is 0 Å². The highest BCUT2D eigenvalue weighted by molar-refractivity contribution is 9.10. The molecule has 0 unspecified atom stereocenters. The second-order valence-corrected chi connectivity index (χ2v) is 8.28. The van der Waals surface area contributed by atoms with Crippen molar-refractivity contribution in [2.24, 2.45) is 0 Å². The zero-order chi connectivity index (χ0) is 21.6. The zero-order valence-corrected chi connectivity index (χ0v) is 17.4. The van der Waals surface area contributed by atoms with E-state index in [1.165, 1.54) is 13.1 Å². The van der Waals surface area contributed by atoms with Crippen LogP contribution in [0, 0.1) is 10.1 Å². The van der Waals surface area contributed by atoms with Crippen molar-refractivity contribution in [1.29, 1.82) is 0 Å². The standard InChI is InChI=1S/C17H16BrN3O7S/c1-19-14-7-6-13(8-15(14)21(24)25)29(26,27)20-9-17(23)28-10-16(22)11-2-4-12(18)5-3-11/h2-8,19-20H,9-10H2,1H3. The summed E-state index contributed by atoms with van der Waals surface area (Å²) in [7, 11) is -2.75. The number of halogens is 1. The monoisotopic (exact) mass is 485 g/mol. The van der Waals surface area contributed by atoms with Gasteiger partial charge >= 0.3 is 5.97 Å². The Bertz CT molecular complexity index is 1040. The molecule has 0 saturated heterocycles. The minimum absolute atomic E-state index is 0.139. The summed E-state index contributed by atoms with van der Waals surface area (Å²) >= 11 is 3.23. The average Bonchev–Trinajstić information content (AvgIpc) is 2.70. The van der Waals surface area contributed by atoms with Crippen LogP contribution in [0.25, 0.3) is 0 Å². The lowest BCUT2D eigenvalue weighted by Gasteiger charge is -2.09. The molecule has 0 aliphatic heterocycles. The van der Waals surface area contributed by atoms with E-state index in [0.29, 0.717) is 5.56 Å². The van der Waals surface area contributed by atoms with Crippen LogP contribution in [0.15, 0.2) is 51.8 Å². The lowest BCUT2D eigenvalue weighted by molar-refractivity contribution is -0.384. The van der Waals surface area contributed by atoms with Gasteiger partial charge in [-0.2, -0.15) is 4.72 Å². The maximum Gasteiger partial charge on any atom is 0.321 e. The van der Waals surface area contributed by atoms with Gasteiger partial charge in [-0.15, -0.1) is 0 Å². The quantitative estimate of drug-likeness (QED) is 0.237. The third-order valence-electron chi connectivity index (χ3n) is 3.68. The second kappa shape index (κ2) is 9.58. The van der Waals surface area contributed by atoms with Gasteiger partial charge in [0.15, 0.2) is 12.4 Å². The van der Waals surface area contributed by atoms with E-state index in [1.54, 1.807) is 24.3 Å². The van der Waals surface area contributed by atoms with E-state index in [0.717, 1.165) is 16.6 Å². The number of carbonyl (C=O) groups excluding carboxylic acids is 2. The molecular formula is C17H16BrN3O7S. The van der Waals surface area contributed by atoms with Crippen molar-refractivity contribution >= 4 is 49.1 Å². The van der Waals surface area contributed by atoms with E-state index in [4.69, 9.17) is 4.74 Å². The van der Waals surface area contributed by atoms with Crippen molar-refractivity contribution in [3.05, 3.63) is 62.6 Å². The molecule has 0 atom stereocenters. The Kier molecular flexibility index (Phi) is 7.42. The molecule has 0 aromatic heterocycles. The van der Waals surface area contributed by atoms with Crippen LogP contribution in [-0.4, -0.2) is 45.3 Å². The van der Waals surface area contributed by atoms with Gasteiger partial charge in [-0.05, 0) is 24.3 Å². The topological polar surface area (TPSA) is 145 Å². The van der Waals surface area contributed by atoms with Crippen molar-refractivity contribution in [3.8, 4) is 0 Å². The molecule has 0 aliphatic carbocycles. The van der Waals surface area contributed by atoms with Gasteiger partial charge in [-0.1, -0.05) is 28.1 Å². The normalized spacial score (nSPS) is 11.0. The van der Waals surface area contributed by atoms with E-state index in [2.05, 4.69) is 21.2 Å². The molecule has 12 heteroatoms. The number of hydrogen-bond acceptors (Lipinski definition) is 8. The van der Waals surface area contributed by atoms with Gasteiger partial charge in [-0.3, -0.25) is 19.7 Å². The molecule has 0 heterocycles. The number of nitro benzene ring substituents is 1. The lowest BCUT2D eigenvalue weighted by atomic mass is 10.1. The van der Waals surface area contributed by atoms with Gasteiger partial charge in [0.25, 0.3) is 5.69 Å². The predicted molar refractivity (Wildman–Crippen MR) is 107 cm³/mol. The summed E-state index contributed by atoms with van der Waals surface area (Å²) in [5, 5.41) is 13.6. The van der Waals surface area contributed by atoms with Crippen LogP contribution >= 0.6 is 15.9 Å². The first-order chi connectivity index (χ1) is 13.6. The summed E-state index contributed by atoms with van der Waals surface area (Å²) < 4.78 is 32.1. The van der Waals surface area contributed by atoms with E-state index in [-0.39, 0.29) is 10.6 Å². The maximum atomic E-state index is 12.3. The Balaban J connectivity index is 1.96. The highest BCUT2D eigenvalue weighted by atomic mass is 79.9. The van der Waals surface area contributed by atoms with Crippen LogP contribution < -0.4 is 10.0 Å². The molecular weight excluding hydrogens is 470 g/mol. The van der Waals surface area contributed by atoms with E-state index < -0.39 is 45.5 Å². The number of nitrogens with one attached hydrogen (secondary N) is 2. The van der Waals surface area contributed by atoms with Crippen molar-refractivity contribution < 1.29 is 27.7 Å². The number of ketones is 1. The Hall–Kier alpha value is -2.83. The number of ether oxygens (including phenoxy) is 1. The van der Waals surface area contributed by atoms with Gasteiger partial charge in [0.05, 0.1) is 9.82 Å². The number of carbonyl (C=O) groups is 2. The number of Topliss-reactive ketones (excluding diaryl/α,β-unsaturated/α-hetero) is 1. The second-order valence-electron chi connectivity index (χ2n) is 5.60. The van der Waals surface area contributed by atoms with Crippen LogP contribution in [0.1, 0.15) is 10.4 Å². The fourth-order valence-corrected chi connectivity index (χ4v) is 3.45. The number of nitro groups is 1. The van der Waals surface area contributed by atoms with Gasteiger partial charge in [0.1, 0.15) is 12.2 Å². The van der Waals surface area contributed by atoms with Crippen LogP contribution in [0.3, 0.4) is 0 Å². The molecule has 29 heavy (non-hydrogen) atoms. The highest BCUT2D eigenvalue weighted by Crippen LogP contribution is 2.26. The molecule has 0 radical (unpaired) electrons. The Morgan fingerprint density at radius 3 is 2.41 bits per heavy atom. The molecule has 0 bridgehead atoms. The van der Waals surface area contributed by atoms with Gasteiger partial charge in [0.2, 0.25) is 10.0 Å². The Morgan fingerprint density at radius 2 is 1.83 bits per heavy atom. The first-order valence-electron chi connectivity index (χ1n) is 8.04. The molecule has 0 amide bonds. The summed E-state index contributed by atoms with van der Waals surface area (Å²) in [4.78, 5) is 33.6. The number of rotatable bonds is 9. The van der Waals surface area contributed by atoms with Crippen molar-refractivity contribution in [2.45, 2.75) is 4.90 Å². The smallest absolute Gasteiger partial charge is 0.321 e. The number of benzene rings is 2. The third kappa shape index (κ3) is 6.07. The van der Waals surface area contributed by atoms with Crippen LogP contribution in [0.2, 0.25) is 0 Å². The number of nitrogens with zero attached hydrogens (tertiary/aromatic N) is 1. The van der Waals surface area contributed by atoms with Crippen molar-refractivity contribution in [3.63, 3.8) is 0 Å². The van der Waals surface area contributed by atoms with Crippen LogP contribution in [0.4, 0.5) is 11.4 Å². The Labute approximate surface area is 174 Å². The van der Waals surface area contributed by atoms with Gasteiger partial charge < -0.3 is 10.1 Å². The van der Waals surface area contributed by atoms with Gasteiger partial charge in [0, 0.05) is 23.2 Å². The first-order valence-corrected chi connectivity index (χ1v) is 10.3. The summed E-state index contributed by atoms with van der Waals surface area (Å²) in [5.41, 5.74) is 0.0383. The molecule has 2 aromatic carbocycles. The summed E-state index contributed by atoms with van der Waals surface area (Å²) in [5.74, 6) is -1.42. The van der Waals surface area contributed by atoms with Crippen molar-refractivity contribution in [2.75, 3.05) is 25.5 Å². The molecule has 0 spiro atoms. The fourth-order valence-electron chi connectivity index (χ4n) is 2.19.